The van der Waals surface area contributed by atoms with E-state index >= 15 is 0 Å². The van der Waals surface area contributed by atoms with Crippen LogP contribution >= 0.6 is 0 Å². The number of rotatable bonds is 5. The van der Waals surface area contributed by atoms with Gasteiger partial charge in [-0.25, -0.2) is 4.98 Å². The molecular weight excluding hydrogens is 370 g/mol. The molecule has 1 saturated heterocycles. The smallest absolute Gasteiger partial charge is 0.307 e. The molecule has 1 aliphatic heterocycles. The molecule has 2 heterocycles. The summed E-state index contributed by atoms with van der Waals surface area (Å²) in [6.45, 7) is 5.01. The van der Waals surface area contributed by atoms with Crippen LogP contribution in [0.2, 0.25) is 0 Å². The summed E-state index contributed by atoms with van der Waals surface area (Å²) < 4.78 is 5.83. The van der Waals surface area contributed by atoms with Crippen LogP contribution in [0.4, 0.5) is 0 Å². The SMILES string of the molecule is CC1(C)C(=O)N(C2CC[C@@H]3[C@H](CC2)[C@@H]3C(=O)O)CC1COc1ccc(C#N)cn1. The van der Waals surface area contributed by atoms with Crippen molar-refractivity contribution in [3.63, 3.8) is 0 Å². The van der Waals surface area contributed by atoms with Gasteiger partial charge in [0.2, 0.25) is 11.8 Å². The molecule has 1 amide bonds. The van der Waals surface area contributed by atoms with Crippen LogP contribution in [-0.4, -0.2) is 46.1 Å². The van der Waals surface area contributed by atoms with Gasteiger partial charge in [-0.1, -0.05) is 13.8 Å². The molecule has 5 atom stereocenters. The monoisotopic (exact) mass is 397 g/mol. The van der Waals surface area contributed by atoms with Crippen LogP contribution in [0.3, 0.4) is 0 Å². The number of ether oxygens (including phenoxy) is 1. The molecule has 1 aromatic rings. The summed E-state index contributed by atoms with van der Waals surface area (Å²) >= 11 is 0. The summed E-state index contributed by atoms with van der Waals surface area (Å²) in [6.07, 6.45) is 5.04. The fraction of sp³-hybridized carbons (Fsp3) is 0.636. The number of fused-ring (bicyclic) bond motifs is 1. The van der Waals surface area contributed by atoms with Crippen molar-refractivity contribution in [1.82, 2.24) is 9.88 Å². The van der Waals surface area contributed by atoms with Crippen molar-refractivity contribution in [3.8, 4) is 11.9 Å². The Balaban J connectivity index is 1.37. The predicted molar refractivity (Wildman–Crippen MR) is 104 cm³/mol. The Morgan fingerprint density at radius 2 is 2.00 bits per heavy atom. The van der Waals surface area contributed by atoms with Gasteiger partial charge in [-0.3, -0.25) is 9.59 Å². The van der Waals surface area contributed by atoms with Crippen LogP contribution in [0.1, 0.15) is 45.1 Å². The van der Waals surface area contributed by atoms with Crippen molar-refractivity contribution in [1.29, 1.82) is 5.26 Å². The number of carboxylic acid groups (broad SMARTS) is 1. The zero-order valence-corrected chi connectivity index (χ0v) is 16.9. The molecule has 0 radical (unpaired) electrons. The first-order chi connectivity index (χ1) is 13.8. The fourth-order valence-electron chi connectivity index (χ4n) is 5.21. The van der Waals surface area contributed by atoms with Gasteiger partial charge in [-0.05, 0) is 43.6 Å². The number of hydrogen-bond acceptors (Lipinski definition) is 5. The zero-order valence-electron chi connectivity index (χ0n) is 16.9. The van der Waals surface area contributed by atoms with E-state index in [1.807, 2.05) is 24.8 Å². The average Bonchev–Trinajstić information content (AvgIpc) is 3.39. The first kappa shape index (κ1) is 19.7. The largest absolute Gasteiger partial charge is 0.481 e. The Kier molecular flexibility index (Phi) is 4.97. The van der Waals surface area contributed by atoms with Gasteiger partial charge >= 0.3 is 5.97 Å². The topological polar surface area (TPSA) is 104 Å². The molecule has 7 heteroatoms. The number of pyridine rings is 1. The van der Waals surface area contributed by atoms with E-state index in [-0.39, 0.29) is 23.8 Å². The number of amides is 1. The molecule has 0 bridgehead atoms. The predicted octanol–water partition coefficient (Wildman–Crippen LogP) is 2.71. The highest BCUT2D eigenvalue weighted by molar-refractivity contribution is 5.85. The van der Waals surface area contributed by atoms with Crippen molar-refractivity contribution >= 4 is 11.9 Å². The third kappa shape index (κ3) is 3.57. The maximum atomic E-state index is 13.1. The first-order valence-corrected chi connectivity index (χ1v) is 10.4. The van der Waals surface area contributed by atoms with Gasteiger partial charge in [0.05, 0.1) is 23.5 Å². The Bertz CT molecular complexity index is 831. The van der Waals surface area contributed by atoms with Crippen LogP contribution in [-0.2, 0) is 9.59 Å². The van der Waals surface area contributed by atoms with E-state index < -0.39 is 11.4 Å². The standard InChI is InChI=1S/C22H27N3O4/c1-22(2)14(12-29-18-8-3-13(9-23)10-24-18)11-25(21(22)28)15-4-6-16-17(7-5-15)19(16)20(26)27/h3,8,10,14-17,19H,4-7,11-12H2,1-2H3,(H,26,27)/t14?,15?,16-,17+,19-. The number of carbonyl (C=O) groups excluding carboxylic acids is 1. The van der Waals surface area contributed by atoms with Crippen LogP contribution in [0, 0.1) is 40.4 Å². The minimum Gasteiger partial charge on any atom is -0.481 e. The van der Waals surface area contributed by atoms with Crippen molar-refractivity contribution in [2.24, 2.45) is 29.1 Å². The molecule has 7 nitrogen and oxygen atoms in total. The lowest BCUT2D eigenvalue weighted by atomic mass is 9.82. The number of aliphatic carboxylic acids is 1. The lowest BCUT2D eigenvalue weighted by Gasteiger charge is -2.29. The van der Waals surface area contributed by atoms with E-state index in [1.165, 1.54) is 6.20 Å². The summed E-state index contributed by atoms with van der Waals surface area (Å²) in [5, 5.41) is 18.1. The van der Waals surface area contributed by atoms with Crippen molar-refractivity contribution in [3.05, 3.63) is 23.9 Å². The van der Waals surface area contributed by atoms with Crippen molar-refractivity contribution in [2.75, 3.05) is 13.2 Å². The number of aromatic nitrogens is 1. The van der Waals surface area contributed by atoms with E-state index in [4.69, 9.17) is 10.00 Å². The van der Waals surface area contributed by atoms with Gasteiger partial charge in [0.1, 0.15) is 6.07 Å². The highest BCUT2D eigenvalue weighted by Crippen LogP contribution is 2.55. The summed E-state index contributed by atoms with van der Waals surface area (Å²) in [6, 6.07) is 5.57. The van der Waals surface area contributed by atoms with Crippen LogP contribution in [0.15, 0.2) is 18.3 Å². The molecule has 3 fully saturated rings. The van der Waals surface area contributed by atoms with Crippen LogP contribution in [0.5, 0.6) is 5.88 Å². The van der Waals surface area contributed by atoms with Gasteiger partial charge < -0.3 is 14.7 Å². The molecule has 29 heavy (non-hydrogen) atoms. The number of nitriles is 1. The van der Waals surface area contributed by atoms with Gasteiger partial charge in [0.25, 0.3) is 0 Å². The Morgan fingerprint density at radius 1 is 1.31 bits per heavy atom. The molecule has 1 N–H and O–H groups in total. The van der Waals surface area contributed by atoms with Crippen molar-refractivity contribution < 1.29 is 19.4 Å². The van der Waals surface area contributed by atoms with E-state index in [0.29, 0.717) is 36.4 Å². The molecule has 2 saturated carbocycles. The number of likely N-dealkylation sites (tertiary alicyclic amines) is 1. The molecular formula is C22H27N3O4. The minimum atomic E-state index is -0.662. The average molecular weight is 397 g/mol. The maximum absolute atomic E-state index is 13.1. The Hall–Kier alpha value is -2.62. The zero-order chi connectivity index (χ0) is 20.8. The van der Waals surface area contributed by atoms with Gasteiger partial charge in [0.15, 0.2) is 0 Å². The highest BCUT2D eigenvalue weighted by Gasteiger charge is 2.56. The van der Waals surface area contributed by atoms with Gasteiger partial charge in [0, 0.05) is 30.8 Å². The Morgan fingerprint density at radius 3 is 2.55 bits per heavy atom. The number of carbonyl (C=O) groups is 2. The summed E-state index contributed by atoms with van der Waals surface area (Å²) in [5.41, 5.74) is -0.0257. The minimum absolute atomic E-state index is 0.0528. The molecule has 2 aliphatic carbocycles. The number of hydrogen-bond donors (Lipinski definition) is 1. The van der Waals surface area contributed by atoms with E-state index in [0.717, 1.165) is 25.7 Å². The van der Waals surface area contributed by atoms with Crippen molar-refractivity contribution in [2.45, 2.75) is 45.6 Å². The van der Waals surface area contributed by atoms with E-state index in [9.17, 15) is 14.7 Å². The van der Waals surface area contributed by atoms with Crippen LogP contribution < -0.4 is 4.74 Å². The quantitative estimate of drug-likeness (QED) is 0.819. The molecule has 154 valence electrons. The lowest BCUT2D eigenvalue weighted by molar-refractivity contribution is -0.140. The second-order valence-corrected chi connectivity index (χ2v) is 9.18. The number of nitrogens with zero attached hydrogens (tertiary/aromatic N) is 3. The second-order valence-electron chi connectivity index (χ2n) is 9.18. The number of carboxylic acids is 1. The molecule has 0 aromatic carbocycles. The van der Waals surface area contributed by atoms with Crippen LogP contribution in [0.25, 0.3) is 0 Å². The second kappa shape index (κ2) is 7.33. The summed E-state index contributed by atoms with van der Waals surface area (Å²) in [4.78, 5) is 30.6. The van der Waals surface area contributed by atoms with Gasteiger partial charge in [-0.15, -0.1) is 0 Å². The Labute approximate surface area is 170 Å². The molecule has 2 unspecified atom stereocenters. The third-order valence-electron chi connectivity index (χ3n) is 7.27. The molecule has 0 spiro atoms. The van der Waals surface area contributed by atoms with E-state index in [2.05, 4.69) is 4.98 Å². The molecule has 1 aromatic heterocycles. The highest BCUT2D eigenvalue weighted by atomic mass is 16.5. The summed E-state index contributed by atoms with van der Waals surface area (Å²) in [5.74, 6) is 0.439. The van der Waals surface area contributed by atoms with Gasteiger partial charge in [-0.2, -0.15) is 5.26 Å². The normalized spacial score (nSPS) is 32.8. The molecule has 3 aliphatic rings. The third-order valence-corrected chi connectivity index (χ3v) is 7.27. The first-order valence-electron chi connectivity index (χ1n) is 10.4. The van der Waals surface area contributed by atoms with E-state index in [1.54, 1.807) is 12.1 Å². The lowest BCUT2D eigenvalue weighted by Crippen LogP contribution is -2.39. The summed E-state index contributed by atoms with van der Waals surface area (Å²) in [7, 11) is 0. The fourth-order valence-corrected chi connectivity index (χ4v) is 5.21. The molecule has 4 rings (SSSR count). The maximum Gasteiger partial charge on any atom is 0.307 e.